The van der Waals surface area contributed by atoms with E-state index in [1.165, 1.54) is 0 Å². The highest BCUT2D eigenvalue weighted by molar-refractivity contribution is 7.08. The molecule has 3 N–H and O–H groups in total. The van der Waals surface area contributed by atoms with Crippen molar-refractivity contribution in [2.45, 2.75) is 17.9 Å². The van der Waals surface area contributed by atoms with Crippen LogP contribution in [0.25, 0.3) is 0 Å². The Morgan fingerprint density at radius 2 is 2.58 bits per heavy atom. The SMILES string of the molecule is NC1(C(=O)O)CC1c1ccsc1. The van der Waals surface area contributed by atoms with E-state index in [-0.39, 0.29) is 5.92 Å². The summed E-state index contributed by atoms with van der Waals surface area (Å²) in [6, 6.07) is 1.94. The van der Waals surface area contributed by atoms with Gasteiger partial charge in [-0.3, -0.25) is 4.79 Å². The first-order valence-electron chi connectivity index (χ1n) is 3.69. The average Bonchev–Trinajstić information content (AvgIpc) is 2.49. The number of hydrogen-bond acceptors (Lipinski definition) is 3. The largest absolute Gasteiger partial charge is 0.480 e. The topological polar surface area (TPSA) is 63.3 Å². The van der Waals surface area contributed by atoms with Crippen molar-refractivity contribution in [2.24, 2.45) is 5.73 Å². The highest BCUT2D eigenvalue weighted by Crippen LogP contribution is 2.49. The smallest absolute Gasteiger partial charge is 0.324 e. The van der Waals surface area contributed by atoms with Crippen LogP contribution >= 0.6 is 11.3 Å². The third kappa shape index (κ3) is 0.956. The zero-order valence-corrected chi connectivity index (χ0v) is 7.17. The third-order valence-corrected chi connectivity index (χ3v) is 3.05. The molecule has 1 aromatic rings. The summed E-state index contributed by atoms with van der Waals surface area (Å²) in [6.45, 7) is 0. The molecule has 0 bridgehead atoms. The molecule has 0 aromatic carbocycles. The van der Waals surface area contributed by atoms with E-state index >= 15 is 0 Å². The number of carbonyl (C=O) groups is 1. The van der Waals surface area contributed by atoms with E-state index in [2.05, 4.69) is 0 Å². The first kappa shape index (κ1) is 7.76. The summed E-state index contributed by atoms with van der Waals surface area (Å²) in [5.74, 6) is -0.861. The first-order valence-corrected chi connectivity index (χ1v) is 4.63. The molecule has 1 heterocycles. The molecule has 64 valence electrons. The lowest BCUT2D eigenvalue weighted by Crippen LogP contribution is -2.34. The Morgan fingerprint density at radius 1 is 1.83 bits per heavy atom. The van der Waals surface area contributed by atoms with Gasteiger partial charge in [0.1, 0.15) is 5.54 Å². The van der Waals surface area contributed by atoms with Gasteiger partial charge in [-0.2, -0.15) is 11.3 Å². The van der Waals surface area contributed by atoms with Gasteiger partial charge in [0.25, 0.3) is 0 Å². The fraction of sp³-hybridized carbons (Fsp3) is 0.375. The van der Waals surface area contributed by atoms with Gasteiger partial charge < -0.3 is 10.8 Å². The van der Waals surface area contributed by atoms with Crippen LogP contribution in [0.5, 0.6) is 0 Å². The standard InChI is InChI=1S/C8H9NO2S/c9-8(7(10)11)3-6(8)5-1-2-12-4-5/h1-2,4,6H,3,9H2,(H,10,11). The molecular formula is C8H9NO2S. The Kier molecular flexibility index (Phi) is 1.49. The Labute approximate surface area is 73.8 Å². The Bertz CT molecular complexity index is 309. The van der Waals surface area contributed by atoms with E-state index in [0.717, 1.165) is 5.56 Å². The molecule has 0 radical (unpaired) electrons. The van der Waals surface area contributed by atoms with Crippen LogP contribution in [-0.4, -0.2) is 16.6 Å². The van der Waals surface area contributed by atoms with Crippen LogP contribution in [0.1, 0.15) is 17.9 Å². The van der Waals surface area contributed by atoms with Crippen LogP contribution in [0.3, 0.4) is 0 Å². The zero-order chi connectivity index (χ0) is 8.77. The van der Waals surface area contributed by atoms with Crippen molar-refractivity contribution >= 4 is 17.3 Å². The molecular weight excluding hydrogens is 174 g/mol. The molecule has 1 saturated carbocycles. The minimum atomic E-state index is -0.985. The number of nitrogens with two attached hydrogens (primary N) is 1. The average molecular weight is 183 g/mol. The maximum atomic E-state index is 10.7. The molecule has 0 spiro atoms. The van der Waals surface area contributed by atoms with Crippen LogP contribution in [0.15, 0.2) is 16.8 Å². The molecule has 0 amide bonds. The second kappa shape index (κ2) is 2.31. The van der Waals surface area contributed by atoms with Crippen molar-refractivity contribution in [3.8, 4) is 0 Å². The summed E-state index contributed by atoms with van der Waals surface area (Å²) in [7, 11) is 0. The van der Waals surface area contributed by atoms with Gasteiger partial charge in [-0.25, -0.2) is 0 Å². The molecule has 1 fully saturated rings. The number of rotatable bonds is 2. The van der Waals surface area contributed by atoms with E-state index < -0.39 is 11.5 Å². The summed E-state index contributed by atoms with van der Waals surface area (Å²) < 4.78 is 0. The molecule has 3 nitrogen and oxygen atoms in total. The second-order valence-electron chi connectivity index (χ2n) is 3.16. The molecule has 12 heavy (non-hydrogen) atoms. The van der Waals surface area contributed by atoms with E-state index in [9.17, 15) is 4.79 Å². The molecule has 4 heteroatoms. The predicted octanol–water partition coefficient (Wildman–Crippen LogP) is 1.02. The molecule has 2 atom stereocenters. The van der Waals surface area contributed by atoms with Crippen LogP contribution in [0, 0.1) is 0 Å². The lowest BCUT2D eigenvalue weighted by atomic mass is 10.1. The third-order valence-electron chi connectivity index (χ3n) is 2.35. The number of aliphatic carboxylic acids is 1. The van der Waals surface area contributed by atoms with E-state index in [1.54, 1.807) is 11.3 Å². The minimum absolute atomic E-state index is 0.0289. The first-order chi connectivity index (χ1) is 5.64. The minimum Gasteiger partial charge on any atom is -0.480 e. The van der Waals surface area contributed by atoms with E-state index in [0.29, 0.717) is 6.42 Å². The van der Waals surface area contributed by atoms with Gasteiger partial charge in [0.05, 0.1) is 0 Å². The lowest BCUT2D eigenvalue weighted by molar-refractivity contribution is -0.139. The van der Waals surface area contributed by atoms with Crippen LogP contribution in [0.4, 0.5) is 0 Å². The van der Waals surface area contributed by atoms with Crippen LogP contribution < -0.4 is 5.73 Å². The second-order valence-corrected chi connectivity index (χ2v) is 3.94. The molecule has 2 rings (SSSR count). The van der Waals surface area contributed by atoms with Gasteiger partial charge in [0.15, 0.2) is 0 Å². The number of carboxylic acid groups (broad SMARTS) is 1. The van der Waals surface area contributed by atoms with Gasteiger partial charge in [-0.05, 0) is 28.8 Å². The van der Waals surface area contributed by atoms with Crippen molar-refractivity contribution < 1.29 is 9.90 Å². The zero-order valence-electron chi connectivity index (χ0n) is 6.36. The lowest BCUT2D eigenvalue weighted by Gasteiger charge is -2.02. The predicted molar refractivity (Wildman–Crippen MR) is 46.2 cm³/mol. The highest BCUT2D eigenvalue weighted by atomic mass is 32.1. The molecule has 1 aliphatic rings. The number of hydrogen-bond donors (Lipinski definition) is 2. The Morgan fingerprint density at radius 3 is 3.00 bits per heavy atom. The normalized spacial score (nSPS) is 33.2. The fourth-order valence-corrected chi connectivity index (χ4v) is 2.12. The fourth-order valence-electron chi connectivity index (χ4n) is 1.40. The highest BCUT2D eigenvalue weighted by Gasteiger charge is 2.58. The van der Waals surface area contributed by atoms with Gasteiger partial charge >= 0.3 is 5.97 Å². The maximum Gasteiger partial charge on any atom is 0.324 e. The summed E-state index contributed by atoms with van der Waals surface area (Å²) in [5.41, 5.74) is 5.70. The quantitative estimate of drug-likeness (QED) is 0.719. The van der Waals surface area contributed by atoms with E-state index in [4.69, 9.17) is 10.8 Å². The molecule has 0 saturated heterocycles. The molecule has 2 unspecified atom stereocenters. The van der Waals surface area contributed by atoms with Crippen LogP contribution in [0.2, 0.25) is 0 Å². The van der Waals surface area contributed by atoms with Gasteiger partial charge in [0, 0.05) is 5.92 Å². The number of carboxylic acids is 1. The van der Waals surface area contributed by atoms with Gasteiger partial charge in [-0.15, -0.1) is 0 Å². The summed E-state index contributed by atoms with van der Waals surface area (Å²) in [6.07, 6.45) is 0.569. The molecule has 1 aliphatic carbocycles. The monoisotopic (exact) mass is 183 g/mol. The van der Waals surface area contributed by atoms with Crippen molar-refractivity contribution in [1.29, 1.82) is 0 Å². The maximum absolute atomic E-state index is 10.7. The summed E-state index contributed by atoms with van der Waals surface area (Å²) in [4.78, 5) is 10.7. The van der Waals surface area contributed by atoms with Crippen molar-refractivity contribution in [3.63, 3.8) is 0 Å². The van der Waals surface area contributed by atoms with Crippen molar-refractivity contribution in [2.75, 3.05) is 0 Å². The van der Waals surface area contributed by atoms with E-state index in [1.807, 2.05) is 16.8 Å². The van der Waals surface area contributed by atoms with Crippen molar-refractivity contribution in [3.05, 3.63) is 22.4 Å². The van der Waals surface area contributed by atoms with Gasteiger partial charge in [0.2, 0.25) is 0 Å². The molecule has 0 aliphatic heterocycles. The van der Waals surface area contributed by atoms with Crippen molar-refractivity contribution in [1.82, 2.24) is 0 Å². The number of thiophene rings is 1. The summed E-state index contributed by atoms with van der Waals surface area (Å²) >= 11 is 1.57. The van der Waals surface area contributed by atoms with Crippen LogP contribution in [-0.2, 0) is 4.79 Å². The van der Waals surface area contributed by atoms with Gasteiger partial charge in [-0.1, -0.05) is 0 Å². The summed E-state index contributed by atoms with van der Waals surface area (Å²) in [5, 5.41) is 12.7. The Hall–Kier alpha value is -0.870. The molecule has 1 aromatic heterocycles. The Balaban J connectivity index is 2.19.